The van der Waals surface area contributed by atoms with E-state index in [1.54, 1.807) is 0 Å². The van der Waals surface area contributed by atoms with Crippen molar-refractivity contribution in [3.8, 4) is 44.5 Å². The standard InChI is InChI=1S/C57H39N/c1-3-13-40(14-4-1)43-27-33-48(34-28-43)58(49-35-29-44(30-36-49)41-15-5-2-6-16-41)50-37-31-45(32-38-50)42-23-25-46(26-24-42)56-39-47-17-7-10-20-53(47)57(56)54-21-11-8-18-51(54)52-19-9-12-22-55(52)57/h1-39H. The van der Waals surface area contributed by atoms with E-state index < -0.39 is 0 Å². The molecule has 0 saturated carbocycles. The van der Waals surface area contributed by atoms with Crippen molar-refractivity contribution >= 4 is 28.7 Å². The molecule has 0 N–H and O–H groups in total. The highest BCUT2D eigenvalue weighted by Gasteiger charge is 2.50. The molecule has 2 aliphatic carbocycles. The molecule has 0 unspecified atom stereocenters. The quantitative estimate of drug-likeness (QED) is 0.157. The fraction of sp³-hybridized carbons (Fsp3) is 0.0175. The van der Waals surface area contributed by atoms with Crippen molar-refractivity contribution in [2.24, 2.45) is 0 Å². The molecular formula is C57H39N. The summed E-state index contributed by atoms with van der Waals surface area (Å²) in [6.07, 6.45) is 2.42. The van der Waals surface area contributed by atoms with Crippen molar-refractivity contribution in [1.29, 1.82) is 0 Å². The van der Waals surface area contributed by atoms with Gasteiger partial charge in [0.2, 0.25) is 0 Å². The van der Waals surface area contributed by atoms with Crippen molar-refractivity contribution in [1.82, 2.24) is 0 Å². The lowest BCUT2D eigenvalue weighted by atomic mass is 9.68. The predicted molar refractivity (Wildman–Crippen MR) is 244 cm³/mol. The summed E-state index contributed by atoms with van der Waals surface area (Å²) in [5, 5.41) is 0. The molecule has 272 valence electrons. The third-order valence-electron chi connectivity index (χ3n) is 12.1. The summed E-state index contributed by atoms with van der Waals surface area (Å²) in [5.41, 5.74) is 20.8. The Kier molecular flexibility index (Phi) is 8.12. The molecule has 9 aromatic carbocycles. The van der Waals surface area contributed by atoms with Crippen LogP contribution in [0.1, 0.15) is 27.8 Å². The van der Waals surface area contributed by atoms with Gasteiger partial charge in [-0.2, -0.15) is 0 Å². The molecule has 0 atom stereocenters. The number of hydrogen-bond donors (Lipinski definition) is 0. The minimum Gasteiger partial charge on any atom is -0.311 e. The summed E-state index contributed by atoms with van der Waals surface area (Å²) in [4.78, 5) is 2.34. The summed E-state index contributed by atoms with van der Waals surface area (Å²) in [5.74, 6) is 0. The van der Waals surface area contributed by atoms with Gasteiger partial charge in [0.05, 0.1) is 5.41 Å². The van der Waals surface area contributed by atoms with Gasteiger partial charge in [-0.3, -0.25) is 0 Å². The van der Waals surface area contributed by atoms with Gasteiger partial charge in [-0.05, 0) is 120 Å². The molecule has 2 aliphatic rings. The molecule has 9 aromatic rings. The Morgan fingerprint density at radius 3 is 1.03 bits per heavy atom. The fourth-order valence-electron chi connectivity index (χ4n) is 9.45. The largest absolute Gasteiger partial charge is 0.311 e. The van der Waals surface area contributed by atoms with E-state index in [0.29, 0.717) is 0 Å². The van der Waals surface area contributed by atoms with Crippen LogP contribution in [-0.4, -0.2) is 0 Å². The highest BCUT2D eigenvalue weighted by atomic mass is 15.1. The van der Waals surface area contributed by atoms with E-state index in [4.69, 9.17) is 0 Å². The molecule has 1 spiro atoms. The topological polar surface area (TPSA) is 3.24 Å². The third-order valence-corrected chi connectivity index (χ3v) is 12.1. The van der Waals surface area contributed by atoms with Gasteiger partial charge in [0, 0.05) is 17.1 Å². The van der Waals surface area contributed by atoms with Gasteiger partial charge in [-0.25, -0.2) is 0 Å². The maximum Gasteiger partial charge on any atom is 0.0725 e. The van der Waals surface area contributed by atoms with Crippen LogP contribution in [0, 0.1) is 0 Å². The van der Waals surface area contributed by atoms with Crippen LogP contribution < -0.4 is 4.90 Å². The Bertz CT molecular complexity index is 2810. The molecule has 0 saturated heterocycles. The van der Waals surface area contributed by atoms with E-state index in [-0.39, 0.29) is 5.41 Å². The molecular weight excluding hydrogens is 699 g/mol. The Morgan fingerprint density at radius 2 is 0.586 bits per heavy atom. The van der Waals surface area contributed by atoms with Crippen LogP contribution in [0.3, 0.4) is 0 Å². The van der Waals surface area contributed by atoms with Gasteiger partial charge >= 0.3 is 0 Å². The van der Waals surface area contributed by atoms with Crippen molar-refractivity contribution in [2.45, 2.75) is 5.41 Å². The summed E-state index contributed by atoms with van der Waals surface area (Å²) in [7, 11) is 0. The molecule has 0 aliphatic heterocycles. The first-order valence-corrected chi connectivity index (χ1v) is 20.1. The predicted octanol–water partition coefficient (Wildman–Crippen LogP) is 15.0. The van der Waals surface area contributed by atoms with E-state index in [9.17, 15) is 0 Å². The lowest BCUT2D eigenvalue weighted by molar-refractivity contribution is 0.842. The number of fused-ring (bicyclic) bond motifs is 7. The van der Waals surface area contributed by atoms with Gasteiger partial charge < -0.3 is 4.90 Å². The normalized spacial score (nSPS) is 13.1. The lowest BCUT2D eigenvalue weighted by Crippen LogP contribution is -2.26. The highest BCUT2D eigenvalue weighted by Crippen LogP contribution is 2.62. The number of hydrogen-bond acceptors (Lipinski definition) is 1. The fourth-order valence-corrected chi connectivity index (χ4v) is 9.45. The van der Waals surface area contributed by atoms with Crippen LogP contribution in [-0.2, 0) is 5.41 Å². The van der Waals surface area contributed by atoms with Crippen LogP contribution in [0.5, 0.6) is 0 Å². The SMILES string of the molecule is C1=C(c2ccc(-c3ccc(N(c4ccc(-c5ccccc5)cc4)c4ccc(-c5ccccc5)cc4)cc3)cc2)C2(c3ccccc31)c1ccccc1-c1ccccc12. The number of allylic oxidation sites excluding steroid dienone is 1. The van der Waals surface area contributed by atoms with Crippen LogP contribution in [0.4, 0.5) is 17.1 Å². The van der Waals surface area contributed by atoms with Crippen LogP contribution >= 0.6 is 0 Å². The zero-order valence-electron chi connectivity index (χ0n) is 32.0. The average Bonchev–Trinajstić information content (AvgIpc) is 3.81. The van der Waals surface area contributed by atoms with Crippen LogP contribution in [0.25, 0.3) is 56.2 Å². The Balaban J connectivity index is 0.942. The van der Waals surface area contributed by atoms with Crippen LogP contribution in [0.2, 0.25) is 0 Å². The monoisotopic (exact) mass is 737 g/mol. The van der Waals surface area contributed by atoms with Crippen molar-refractivity contribution in [3.63, 3.8) is 0 Å². The van der Waals surface area contributed by atoms with Crippen molar-refractivity contribution in [2.75, 3.05) is 4.90 Å². The number of nitrogens with zero attached hydrogens (tertiary/aromatic N) is 1. The number of benzene rings is 9. The first-order valence-electron chi connectivity index (χ1n) is 20.1. The average molecular weight is 738 g/mol. The Morgan fingerprint density at radius 1 is 0.259 bits per heavy atom. The molecule has 0 radical (unpaired) electrons. The number of anilines is 3. The second-order valence-corrected chi connectivity index (χ2v) is 15.3. The van der Waals surface area contributed by atoms with Gasteiger partial charge in [0.25, 0.3) is 0 Å². The maximum atomic E-state index is 2.42. The highest BCUT2D eigenvalue weighted by molar-refractivity contribution is 6.05. The Labute approximate surface area is 340 Å². The zero-order valence-corrected chi connectivity index (χ0v) is 32.0. The van der Waals surface area contributed by atoms with Gasteiger partial charge in [-0.15, -0.1) is 0 Å². The van der Waals surface area contributed by atoms with Crippen LogP contribution in [0.15, 0.2) is 231 Å². The molecule has 0 bridgehead atoms. The summed E-state index contributed by atoms with van der Waals surface area (Å²) >= 11 is 0. The molecule has 58 heavy (non-hydrogen) atoms. The lowest BCUT2D eigenvalue weighted by Gasteiger charge is -2.33. The first-order chi connectivity index (χ1) is 28.8. The number of rotatable bonds is 7. The van der Waals surface area contributed by atoms with Gasteiger partial charge in [-0.1, -0.05) is 194 Å². The van der Waals surface area contributed by atoms with E-state index in [1.807, 2.05) is 0 Å². The molecule has 1 nitrogen and oxygen atoms in total. The van der Waals surface area contributed by atoms with E-state index in [0.717, 1.165) is 17.1 Å². The van der Waals surface area contributed by atoms with E-state index >= 15 is 0 Å². The van der Waals surface area contributed by atoms with Gasteiger partial charge in [0.1, 0.15) is 0 Å². The van der Waals surface area contributed by atoms with Crippen molar-refractivity contribution in [3.05, 3.63) is 258 Å². The molecule has 0 amide bonds. The summed E-state index contributed by atoms with van der Waals surface area (Å²) in [6, 6.07) is 84.0. The first kappa shape index (κ1) is 33.8. The summed E-state index contributed by atoms with van der Waals surface area (Å²) < 4.78 is 0. The van der Waals surface area contributed by atoms with Crippen molar-refractivity contribution < 1.29 is 0 Å². The molecule has 11 rings (SSSR count). The van der Waals surface area contributed by atoms with E-state index in [2.05, 4.69) is 241 Å². The second-order valence-electron chi connectivity index (χ2n) is 15.3. The second kappa shape index (κ2) is 13.9. The molecule has 1 heteroatoms. The van der Waals surface area contributed by atoms with Gasteiger partial charge in [0.15, 0.2) is 0 Å². The Hall–Kier alpha value is -7.48. The molecule has 0 aromatic heterocycles. The van der Waals surface area contributed by atoms with E-state index in [1.165, 1.54) is 77.9 Å². The molecule has 0 heterocycles. The minimum atomic E-state index is -0.352. The zero-order chi connectivity index (χ0) is 38.5. The smallest absolute Gasteiger partial charge is 0.0725 e. The molecule has 0 fully saturated rings. The maximum absolute atomic E-state index is 2.42. The third kappa shape index (κ3) is 5.47. The summed E-state index contributed by atoms with van der Waals surface area (Å²) in [6.45, 7) is 0. The minimum absolute atomic E-state index is 0.352.